The maximum atomic E-state index is 13.0. The summed E-state index contributed by atoms with van der Waals surface area (Å²) in [6, 6.07) is 6.30. The lowest BCUT2D eigenvalue weighted by molar-refractivity contribution is 0.623. The van der Waals surface area contributed by atoms with E-state index in [9.17, 15) is 4.79 Å². The molecular formula is C20H19Cl2N5OS. The van der Waals surface area contributed by atoms with Gasteiger partial charge in [0.15, 0.2) is 5.82 Å². The van der Waals surface area contributed by atoms with Crippen LogP contribution >= 0.6 is 35.0 Å². The molecule has 2 aromatic heterocycles. The summed E-state index contributed by atoms with van der Waals surface area (Å²) >= 11 is 13.8. The van der Waals surface area contributed by atoms with Crippen molar-refractivity contribution in [3.05, 3.63) is 45.1 Å². The standard InChI is InChI=1S/C20H19Cl2N5OS/c1-27-15-5-4-11(24-18-13(21)9-23-20(22)26-18)8-12(15)16-17(19(27)28)29-7-6-14(25-16)10-2-3-10/h4-5,8-10,14,25H,2-3,6-7H2,1H3,(H,23,24,26). The molecule has 29 heavy (non-hydrogen) atoms. The number of halogens is 2. The van der Waals surface area contributed by atoms with Crippen molar-refractivity contribution in [1.29, 1.82) is 0 Å². The average molecular weight is 448 g/mol. The minimum atomic E-state index is 0.0489. The summed E-state index contributed by atoms with van der Waals surface area (Å²) in [6.45, 7) is 0. The first-order chi connectivity index (χ1) is 14.0. The van der Waals surface area contributed by atoms with Crippen LogP contribution < -0.4 is 16.2 Å². The van der Waals surface area contributed by atoms with E-state index in [0.717, 1.165) is 39.3 Å². The highest BCUT2D eigenvalue weighted by Crippen LogP contribution is 2.42. The van der Waals surface area contributed by atoms with Crippen molar-refractivity contribution in [3.63, 3.8) is 0 Å². The second kappa shape index (κ2) is 7.38. The van der Waals surface area contributed by atoms with Crippen LogP contribution in [-0.2, 0) is 7.05 Å². The number of hydrogen-bond donors (Lipinski definition) is 2. The molecule has 1 aliphatic carbocycles. The summed E-state index contributed by atoms with van der Waals surface area (Å²) in [6.07, 6.45) is 5.07. The zero-order chi connectivity index (χ0) is 20.1. The van der Waals surface area contributed by atoms with Crippen molar-refractivity contribution in [2.24, 2.45) is 13.0 Å². The fourth-order valence-electron chi connectivity index (χ4n) is 3.84. The predicted molar refractivity (Wildman–Crippen MR) is 120 cm³/mol. The van der Waals surface area contributed by atoms with E-state index in [1.165, 1.54) is 19.0 Å². The Hall–Kier alpha value is -1.96. The van der Waals surface area contributed by atoms with E-state index < -0.39 is 0 Å². The molecule has 3 heterocycles. The molecule has 9 heteroatoms. The molecule has 0 radical (unpaired) electrons. The van der Waals surface area contributed by atoms with Gasteiger partial charge in [-0.15, -0.1) is 11.8 Å². The molecule has 150 valence electrons. The second-order valence-corrected chi connectivity index (χ2v) is 9.34. The van der Waals surface area contributed by atoms with Crippen LogP contribution in [0.25, 0.3) is 10.9 Å². The van der Waals surface area contributed by atoms with E-state index in [2.05, 4.69) is 20.6 Å². The van der Waals surface area contributed by atoms with Gasteiger partial charge in [-0.25, -0.2) is 4.98 Å². The zero-order valence-electron chi connectivity index (χ0n) is 15.7. The number of anilines is 3. The fraction of sp³-hybridized carbons (Fsp3) is 0.350. The summed E-state index contributed by atoms with van der Waals surface area (Å²) in [5.41, 5.74) is 2.69. The predicted octanol–water partition coefficient (Wildman–Crippen LogP) is 5.07. The highest BCUT2D eigenvalue weighted by molar-refractivity contribution is 7.99. The fourth-order valence-corrected chi connectivity index (χ4v) is 5.26. The summed E-state index contributed by atoms with van der Waals surface area (Å²) < 4.78 is 1.72. The van der Waals surface area contributed by atoms with Crippen LogP contribution in [0.15, 0.2) is 34.1 Å². The van der Waals surface area contributed by atoms with E-state index in [1.807, 2.05) is 25.2 Å². The van der Waals surface area contributed by atoms with Crippen LogP contribution in [-0.4, -0.2) is 26.3 Å². The minimum absolute atomic E-state index is 0.0489. The number of rotatable bonds is 3. The molecule has 1 aromatic carbocycles. The first-order valence-electron chi connectivity index (χ1n) is 9.52. The van der Waals surface area contributed by atoms with Gasteiger partial charge in [0.1, 0.15) is 5.02 Å². The van der Waals surface area contributed by atoms with Crippen LogP contribution in [0.4, 0.5) is 17.2 Å². The smallest absolute Gasteiger partial charge is 0.266 e. The first kappa shape index (κ1) is 19.0. The third kappa shape index (κ3) is 3.56. The van der Waals surface area contributed by atoms with E-state index >= 15 is 0 Å². The monoisotopic (exact) mass is 447 g/mol. The molecule has 0 saturated heterocycles. The van der Waals surface area contributed by atoms with Crippen molar-refractivity contribution < 1.29 is 0 Å². The van der Waals surface area contributed by atoms with E-state index in [-0.39, 0.29) is 10.8 Å². The Bertz CT molecular complexity index is 1180. The van der Waals surface area contributed by atoms with Crippen LogP contribution in [0, 0.1) is 5.92 Å². The molecule has 1 saturated carbocycles. The van der Waals surface area contributed by atoms with Gasteiger partial charge in [-0.2, -0.15) is 4.98 Å². The van der Waals surface area contributed by atoms with Gasteiger partial charge in [0.05, 0.1) is 22.3 Å². The second-order valence-electron chi connectivity index (χ2n) is 7.49. The van der Waals surface area contributed by atoms with Crippen LogP contribution in [0.5, 0.6) is 0 Å². The number of thioether (sulfide) groups is 1. The molecule has 6 nitrogen and oxygen atoms in total. The molecular weight excluding hydrogens is 429 g/mol. The lowest BCUT2D eigenvalue weighted by atomic mass is 10.1. The van der Waals surface area contributed by atoms with Gasteiger partial charge in [0, 0.05) is 29.9 Å². The molecule has 2 aliphatic rings. The van der Waals surface area contributed by atoms with Gasteiger partial charge >= 0.3 is 0 Å². The molecule has 2 N–H and O–H groups in total. The Balaban J connectivity index is 1.63. The quantitative estimate of drug-likeness (QED) is 0.546. The van der Waals surface area contributed by atoms with E-state index in [4.69, 9.17) is 23.2 Å². The van der Waals surface area contributed by atoms with Gasteiger partial charge in [0.2, 0.25) is 5.28 Å². The van der Waals surface area contributed by atoms with Gasteiger partial charge in [-0.3, -0.25) is 4.79 Å². The lowest BCUT2D eigenvalue weighted by Gasteiger charge is -2.20. The zero-order valence-corrected chi connectivity index (χ0v) is 18.0. The first-order valence-corrected chi connectivity index (χ1v) is 11.3. The van der Waals surface area contributed by atoms with Crippen molar-refractivity contribution in [3.8, 4) is 0 Å². The molecule has 1 aliphatic heterocycles. The molecule has 1 atom stereocenters. The molecule has 3 aromatic rings. The van der Waals surface area contributed by atoms with Crippen molar-refractivity contribution in [2.75, 3.05) is 16.4 Å². The summed E-state index contributed by atoms with van der Waals surface area (Å²) in [7, 11) is 1.82. The highest BCUT2D eigenvalue weighted by atomic mass is 35.5. The van der Waals surface area contributed by atoms with Crippen LogP contribution in [0.2, 0.25) is 10.3 Å². The van der Waals surface area contributed by atoms with Gasteiger partial charge in [-0.05, 0) is 55.0 Å². The van der Waals surface area contributed by atoms with E-state index in [0.29, 0.717) is 22.8 Å². The SMILES string of the molecule is Cn1c(=O)c2c(c3cc(Nc4nc(Cl)ncc4Cl)ccc31)NC(C1CC1)CCS2. The average Bonchev–Trinajstić information content (AvgIpc) is 3.55. The molecule has 1 fully saturated rings. The third-order valence-electron chi connectivity index (χ3n) is 5.53. The largest absolute Gasteiger partial charge is 0.380 e. The number of nitrogens with zero attached hydrogens (tertiary/aromatic N) is 3. The van der Waals surface area contributed by atoms with Crippen molar-refractivity contribution in [2.45, 2.75) is 30.2 Å². The number of nitrogens with one attached hydrogen (secondary N) is 2. The lowest BCUT2D eigenvalue weighted by Crippen LogP contribution is -2.24. The summed E-state index contributed by atoms with van der Waals surface area (Å²) in [4.78, 5) is 21.8. The molecule has 0 amide bonds. The Morgan fingerprint density at radius 3 is 2.90 bits per heavy atom. The number of aryl methyl sites for hydroxylation is 1. The van der Waals surface area contributed by atoms with Gasteiger partial charge in [0.25, 0.3) is 5.56 Å². The molecule has 0 bridgehead atoms. The highest BCUT2D eigenvalue weighted by Gasteiger charge is 2.33. The van der Waals surface area contributed by atoms with Crippen molar-refractivity contribution >= 4 is 63.1 Å². The van der Waals surface area contributed by atoms with Crippen LogP contribution in [0.1, 0.15) is 19.3 Å². The Kier molecular flexibility index (Phi) is 4.84. The van der Waals surface area contributed by atoms with Gasteiger partial charge < -0.3 is 15.2 Å². The number of pyridine rings is 1. The Morgan fingerprint density at radius 2 is 2.10 bits per heavy atom. The molecule has 1 unspecified atom stereocenters. The molecule has 0 spiro atoms. The normalized spacial score (nSPS) is 18.8. The minimum Gasteiger partial charge on any atom is -0.380 e. The number of fused-ring (bicyclic) bond motifs is 3. The number of aromatic nitrogens is 3. The maximum absolute atomic E-state index is 13.0. The van der Waals surface area contributed by atoms with Crippen LogP contribution in [0.3, 0.4) is 0 Å². The number of hydrogen-bond acceptors (Lipinski definition) is 6. The molecule has 5 rings (SSSR count). The van der Waals surface area contributed by atoms with Gasteiger partial charge in [-0.1, -0.05) is 11.6 Å². The van der Waals surface area contributed by atoms with E-state index in [1.54, 1.807) is 16.3 Å². The topological polar surface area (TPSA) is 71.8 Å². The number of benzene rings is 1. The van der Waals surface area contributed by atoms with Crippen molar-refractivity contribution in [1.82, 2.24) is 14.5 Å². The third-order valence-corrected chi connectivity index (χ3v) is 7.09. The summed E-state index contributed by atoms with van der Waals surface area (Å²) in [5, 5.41) is 8.44. The summed E-state index contributed by atoms with van der Waals surface area (Å²) in [5.74, 6) is 2.11. The maximum Gasteiger partial charge on any atom is 0.266 e. The Morgan fingerprint density at radius 1 is 1.28 bits per heavy atom. The Labute approximate surface area is 182 Å².